The van der Waals surface area contributed by atoms with Crippen LogP contribution in [0.15, 0.2) is 48.5 Å². The highest BCUT2D eigenvalue weighted by atomic mass is 32.2. The van der Waals surface area contributed by atoms with Crippen molar-refractivity contribution >= 4 is 33.4 Å². The zero-order chi connectivity index (χ0) is 22.4. The molecule has 0 heterocycles. The smallest absolute Gasteiger partial charge is 0.240 e. The van der Waals surface area contributed by atoms with Crippen LogP contribution in [0.1, 0.15) is 37.5 Å². The van der Waals surface area contributed by atoms with Crippen molar-refractivity contribution in [2.75, 3.05) is 29.4 Å². The van der Waals surface area contributed by atoms with Crippen LogP contribution in [0.2, 0.25) is 0 Å². The van der Waals surface area contributed by atoms with Crippen LogP contribution >= 0.6 is 11.8 Å². The predicted molar refractivity (Wildman–Crippen MR) is 128 cm³/mol. The van der Waals surface area contributed by atoms with Crippen LogP contribution in [0, 0.1) is 6.92 Å². The Morgan fingerprint density at radius 1 is 1.03 bits per heavy atom. The van der Waals surface area contributed by atoms with E-state index in [0.29, 0.717) is 12.2 Å². The summed E-state index contributed by atoms with van der Waals surface area (Å²) in [5, 5.41) is 2.82. The number of thioether (sulfide) groups is 1. The number of nitrogens with one attached hydrogen (secondary N) is 1. The number of benzene rings is 2. The summed E-state index contributed by atoms with van der Waals surface area (Å²) in [7, 11) is -3.57. The first kappa shape index (κ1) is 24.3. The molecule has 1 amide bonds. The average Bonchev–Trinajstić information content (AvgIpc) is 2.66. The molecule has 1 N–H and O–H groups in total. The van der Waals surface area contributed by atoms with Crippen molar-refractivity contribution < 1.29 is 13.2 Å². The van der Waals surface area contributed by atoms with Gasteiger partial charge in [-0.3, -0.25) is 9.10 Å². The van der Waals surface area contributed by atoms with Gasteiger partial charge in [0.2, 0.25) is 15.9 Å². The van der Waals surface area contributed by atoms with Gasteiger partial charge in [0.15, 0.2) is 0 Å². The summed E-state index contributed by atoms with van der Waals surface area (Å²) in [4.78, 5) is 12.3. The summed E-state index contributed by atoms with van der Waals surface area (Å²) in [6, 6.07) is 15.7. The fraction of sp³-hybridized carbons (Fsp3) is 0.435. The molecule has 164 valence electrons. The highest BCUT2D eigenvalue weighted by Crippen LogP contribution is 2.25. The highest BCUT2D eigenvalue weighted by molar-refractivity contribution is 7.98. The van der Waals surface area contributed by atoms with Crippen LogP contribution in [0.4, 0.5) is 5.69 Å². The Morgan fingerprint density at radius 3 is 2.17 bits per heavy atom. The maximum Gasteiger partial charge on any atom is 0.240 e. The van der Waals surface area contributed by atoms with E-state index in [1.807, 2.05) is 12.1 Å². The van der Waals surface area contributed by atoms with Crippen LogP contribution < -0.4 is 9.62 Å². The molecule has 5 nitrogen and oxygen atoms in total. The molecule has 0 aromatic heterocycles. The molecule has 0 saturated carbocycles. The van der Waals surface area contributed by atoms with Crippen LogP contribution in [-0.4, -0.2) is 39.4 Å². The second-order valence-corrected chi connectivity index (χ2v) is 11.5. The minimum atomic E-state index is -3.57. The maximum absolute atomic E-state index is 12.3. The van der Waals surface area contributed by atoms with Gasteiger partial charge in [0.25, 0.3) is 0 Å². The Kier molecular flexibility index (Phi) is 8.38. The third-order valence-corrected chi connectivity index (χ3v) is 6.84. The zero-order valence-corrected chi connectivity index (χ0v) is 20.1. The van der Waals surface area contributed by atoms with E-state index in [0.717, 1.165) is 27.6 Å². The monoisotopic (exact) mass is 448 g/mol. The molecule has 30 heavy (non-hydrogen) atoms. The molecule has 0 atom stereocenters. The Balaban J connectivity index is 1.87. The third-order valence-electron chi connectivity index (χ3n) is 4.67. The number of rotatable bonds is 9. The van der Waals surface area contributed by atoms with E-state index in [4.69, 9.17) is 0 Å². The number of carbonyl (C=O) groups is 1. The minimum Gasteiger partial charge on any atom is -0.354 e. The van der Waals surface area contributed by atoms with Gasteiger partial charge in [0, 0.05) is 18.1 Å². The lowest BCUT2D eigenvalue weighted by Gasteiger charge is -2.24. The Labute approximate surface area is 185 Å². The predicted octanol–water partition coefficient (Wildman–Crippen LogP) is 4.11. The summed E-state index contributed by atoms with van der Waals surface area (Å²) in [5.74, 6) is 1.33. The van der Waals surface area contributed by atoms with E-state index in [9.17, 15) is 13.2 Å². The van der Waals surface area contributed by atoms with Crippen molar-refractivity contribution in [2.24, 2.45) is 0 Å². The first-order valence-corrected chi connectivity index (χ1v) is 13.0. The molecule has 0 bridgehead atoms. The summed E-state index contributed by atoms with van der Waals surface area (Å²) in [6.45, 7) is 8.62. The number of amides is 1. The molecule has 0 radical (unpaired) electrons. The topological polar surface area (TPSA) is 66.5 Å². The van der Waals surface area contributed by atoms with Crippen molar-refractivity contribution in [3.05, 3.63) is 65.2 Å². The fourth-order valence-electron chi connectivity index (χ4n) is 2.85. The van der Waals surface area contributed by atoms with Gasteiger partial charge in [0.1, 0.15) is 6.54 Å². The van der Waals surface area contributed by atoms with Crippen molar-refractivity contribution in [3.8, 4) is 0 Å². The Bertz CT molecular complexity index is 932. The molecule has 0 fully saturated rings. The lowest BCUT2D eigenvalue weighted by Crippen LogP contribution is -2.41. The van der Waals surface area contributed by atoms with E-state index in [2.05, 4.69) is 57.3 Å². The molecule has 0 saturated heterocycles. The molecular weight excluding hydrogens is 416 g/mol. The van der Waals surface area contributed by atoms with Gasteiger partial charge in [-0.1, -0.05) is 62.7 Å². The van der Waals surface area contributed by atoms with Gasteiger partial charge in [-0.25, -0.2) is 8.42 Å². The first-order valence-electron chi connectivity index (χ1n) is 9.95. The lowest BCUT2D eigenvalue weighted by molar-refractivity contribution is -0.119. The Morgan fingerprint density at radius 2 is 1.63 bits per heavy atom. The summed E-state index contributed by atoms with van der Waals surface area (Å²) in [6.07, 6.45) is 1.12. The molecule has 0 unspecified atom stereocenters. The van der Waals surface area contributed by atoms with Crippen LogP contribution in [-0.2, 0) is 26.0 Å². The molecule has 0 spiro atoms. The molecule has 2 aromatic carbocycles. The number of aryl methyl sites for hydroxylation is 1. The average molecular weight is 449 g/mol. The van der Waals surface area contributed by atoms with Crippen molar-refractivity contribution in [3.63, 3.8) is 0 Å². The standard InChI is InChI=1S/C23H32N2O3S2/c1-18-6-8-19(9-7-18)17-29-15-14-24-22(26)16-25(30(5,27)28)21-12-10-20(11-13-21)23(2,3)4/h6-13H,14-17H2,1-5H3,(H,24,26). The van der Waals surface area contributed by atoms with Crippen LogP contribution in [0.3, 0.4) is 0 Å². The van der Waals surface area contributed by atoms with E-state index >= 15 is 0 Å². The van der Waals surface area contributed by atoms with Gasteiger partial charge in [-0.2, -0.15) is 11.8 Å². The molecule has 0 aliphatic heterocycles. The Hall–Kier alpha value is -1.99. The van der Waals surface area contributed by atoms with Gasteiger partial charge in [-0.05, 0) is 35.6 Å². The van der Waals surface area contributed by atoms with Crippen LogP contribution in [0.5, 0.6) is 0 Å². The van der Waals surface area contributed by atoms with E-state index in [1.165, 1.54) is 11.1 Å². The molecular formula is C23H32N2O3S2. The van der Waals surface area contributed by atoms with Crippen molar-refractivity contribution in [1.82, 2.24) is 5.32 Å². The van der Waals surface area contributed by atoms with Gasteiger partial charge in [-0.15, -0.1) is 0 Å². The minimum absolute atomic E-state index is 0.0257. The number of sulfonamides is 1. The first-order chi connectivity index (χ1) is 14.0. The second-order valence-electron chi connectivity index (χ2n) is 8.45. The number of hydrogen-bond acceptors (Lipinski definition) is 4. The molecule has 7 heteroatoms. The normalized spacial score (nSPS) is 11.9. The van der Waals surface area contributed by atoms with Gasteiger partial charge >= 0.3 is 0 Å². The molecule has 0 aliphatic carbocycles. The number of hydrogen-bond donors (Lipinski definition) is 1. The summed E-state index contributed by atoms with van der Waals surface area (Å²) in [5.41, 5.74) is 4.06. The molecule has 2 aromatic rings. The lowest BCUT2D eigenvalue weighted by atomic mass is 9.87. The van der Waals surface area contributed by atoms with Crippen molar-refractivity contribution in [2.45, 2.75) is 38.9 Å². The van der Waals surface area contributed by atoms with E-state index < -0.39 is 10.0 Å². The van der Waals surface area contributed by atoms with Crippen molar-refractivity contribution in [1.29, 1.82) is 0 Å². The quantitative estimate of drug-likeness (QED) is 0.586. The molecule has 0 aliphatic rings. The second kappa shape index (κ2) is 10.4. The molecule has 2 rings (SSSR count). The number of carbonyl (C=O) groups excluding carboxylic acids is 1. The largest absolute Gasteiger partial charge is 0.354 e. The number of nitrogens with zero attached hydrogens (tertiary/aromatic N) is 1. The zero-order valence-electron chi connectivity index (χ0n) is 18.4. The summed E-state index contributed by atoms with van der Waals surface area (Å²) < 4.78 is 25.6. The van der Waals surface area contributed by atoms with Crippen LogP contribution in [0.25, 0.3) is 0 Å². The highest BCUT2D eigenvalue weighted by Gasteiger charge is 2.21. The number of anilines is 1. The van der Waals surface area contributed by atoms with Gasteiger partial charge in [0.05, 0.1) is 11.9 Å². The third kappa shape index (κ3) is 7.69. The van der Waals surface area contributed by atoms with E-state index in [-0.39, 0.29) is 17.9 Å². The van der Waals surface area contributed by atoms with Gasteiger partial charge < -0.3 is 5.32 Å². The SMILES string of the molecule is Cc1ccc(CSCCNC(=O)CN(c2ccc(C(C)(C)C)cc2)S(C)(=O)=O)cc1. The summed E-state index contributed by atoms with van der Waals surface area (Å²) >= 11 is 1.73. The fourth-order valence-corrected chi connectivity index (χ4v) is 4.53. The maximum atomic E-state index is 12.3. The van der Waals surface area contributed by atoms with E-state index in [1.54, 1.807) is 23.9 Å².